The molecule has 1 aliphatic heterocycles. The third-order valence-corrected chi connectivity index (χ3v) is 6.56. The van der Waals surface area contributed by atoms with Crippen molar-refractivity contribution in [3.05, 3.63) is 98.9 Å². The molecule has 0 radical (unpaired) electrons. The Balaban J connectivity index is 1.43. The van der Waals surface area contributed by atoms with Crippen molar-refractivity contribution in [3.63, 3.8) is 0 Å². The maximum absolute atomic E-state index is 12.8. The highest BCUT2D eigenvalue weighted by atomic mass is 79.9. The maximum Gasteiger partial charge on any atom is 0.343 e. The van der Waals surface area contributed by atoms with E-state index in [0.29, 0.717) is 27.5 Å². The molecule has 0 spiro atoms. The summed E-state index contributed by atoms with van der Waals surface area (Å²) in [7, 11) is 1.55. The molecule has 3 aromatic carbocycles. The van der Waals surface area contributed by atoms with Gasteiger partial charge < -0.3 is 9.47 Å². The first-order valence-corrected chi connectivity index (χ1v) is 11.5. The van der Waals surface area contributed by atoms with Crippen molar-refractivity contribution >= 4 is 50.9 Å². The van der Waals surface area contributed by atoms with Gasteiger partial charge in [0.1, 0.15) is 11.5 Å². The van der Waals surface area contributed by atoms with E-state index < -0.39 is 5.97 Å². The molecule has 0 atom stereocenters. The molecular formula is C25H18BrNO5S. The van der Waals surface area contributed by atoms with Crippen LogP contribution in [0.4, 0.5) is 4.79 Å². The van der Waals surface area contributed by atoms with Crippen LogP contribution in [-0.4, -0.2) is 29.1 Å². The Hall–Kier alpha value is -3.36. The summed E-state index contributed by atoms with van der Waals surface area (Å²) in [6.45, 7) is 0.198. The zero-order valence-electron chi connectivity index (χ0n) is 17.5. The van der Waals surface area contributed by atoms with Crippen molar-refractivity contribution in [1.82, 2.24) is 4.90 Å². The number of carbonyl (C=O) groups is 3. The van der Waals surface area contributed by atoms with E-state index in [9.17, 15) is 14.4 Å². The Morgan fingerprint density at radius 1 is 0.970 bits per heavy atom. The van der Waals surface area contributed by atoms with Gasteiger partial charge in [-0.05, 0) is 71.4 Å². The summed E-state index contributed by atoms with van der Waals surface area (Å²) in [6, 6.07) is 20.8. The van der Waals surface area contributed by atoms with Crippen LogP contribution < -0.4 is 9.47 Å². The fourth-order valence-corrected chi connectivity index (χ4v) is 4.36. The van der Waals surface area contributed by atoms with E-state index in [4.69, 9.17) is 9.47 Å². The molecule has 8 heteroatoms. The summed E-state index contributed by atoms with van der Waals surface area (Å²) in [5, 5.41) is -0.313. The molecule has 166 valence electrons. The van der Waals surface area contributed by atoms with Crippen LogP contribution in [0.15, 0.2) is 82.2 Å². The minimum atomic E-state index is -0.487. The van der Waals surface area contributed by atoms with Crippen LogP contribution >= 0.6 is 27.7 Å². The Kier molecular flexibility index (Phi) is 6.96. The molecule has 1 aliphatic rings. The molecule has 0 bridgehead atoms. The second-order valence-corrected chi connectivity index (χ2v) is 8.89. The van der Waals surface area contributed by atoms with E-state index in [-0.39, 0.29) is 17.7 Å². The first-order chi connectivity index (χ1) is 15.9. The topological polar surface area (TPSA) is 72.9 Å². The van der Waals surface area contributed by atoms with Crippen molar-refractivity contribution in [2.45, 2.75) is 6.54 Å². The normalized spacial score (nSPS) is 14.6. The molecule has 0 aromatic heterocycles. The quantitative estimate of drug-likeness (QED) is 0.227. The Morgan fingerprint density at radius 3 is 2.30 bits per heavy atom. The van der Waals surface area contributed by atoms with E-state index >= 15 is 0 Å². The third-order valence-electron chi connectivity index (χ3n) is 4.87. The molecule has 1 fully saturated rings. The van der Waals surface area contributed by atoms with Crippen molar-refractivity contribution in [3.8, 4) is 11.5 Å². The highest BCUT2D eigenvalue weighted by molar-refractivity contribution is 9.10. The van der Waals surface area contributed by atoms with Crippen molar-refractivity contribution < 1.29 is 23.9 Å². The Labute approximate surface area is 203 Å². The smallest absolute Gasteiger partial charge is 0.343 e. The van der Waals surface area contributed by atoms with Gasteiger partial charge >= 0.3 is 5.97 Å². The van der Waals surface area contributed by atoms with Gasteiger partial charge in [-0.1, -0.05) is 46.3 Å². The number of rotatable bonds is 6. The van der Waals surface area contributed by atoms with Crippen LogP contribution in [0.25, 0.3) is 6.08 Å². The van der Waals surface area contributed by atoms with Gasteiger partial charge in [0.25, 0.3) is 11.1 Å². The van der Waals surface area contributed by atoms with Gasteiger partial charge in [0, 0.05) is 4.47 Å². The highest BCUT2D eigenvalue weighted by Crippen LogP contribution is 2.34. The molecule has 0 N–H and O–H groups in total. The number of amides is 2. The summed E-state index contributed by atoms with van der Waals surface area (Å²) < 4.78 is 11.3. The first kappa shape index (κ1) is 22.8. The molecule has 33 heavy (non-hydrogen) atoms. The third kappa shape index (κ3) is 5.35. The van der Waals surface area contributed by atoms with Crippen LogP contribution in [0.2, 0.25) is 0 Å². The van der Waals surface area contributed by atoms with Crippen molar-refractivity contribution in [1.29, 1.82) is 0 Å². The van der Waals surface area contributed by atoms with Gasteiger partial charge in [0.2, 0.25) is 0 Å². The SMILES string of the molecule is COc1ccc(C(=O)Oc2ccc(/C=C3/SC(=O)N(Cc4ccccc4Br)C3=O)cc2)cc1. The number of carbonyl (C=O) groups excluding carboxylic acids is 3. The zero-order valence-corrected chi connectivity index (χ0v) is 19.9. The van der Waals surface area contributed by atoms with Crippen LogP contribution in [0.5, 0.6) is 11.5 Å². The van der Waals surface area contributed by atoms with E-state index in [0.717, 1.165) is 21.8 Å². The molecule has 0 saturated carbocycles. The second-order valence-electron chi connectivity index (χ2n) is 7.05. The van der Waals surface area contributed by atoms with Crippen molar-refractivity contribution in [2.24, 2.45) is 0 Å². The van der Waals surface area contributed by atoms with Crippen LogP contribution in [0.1, 0.15) is 21.5 Å². The van der Waals surface area contributed by atoms with Crippen LogP contribution in [0, 0.1) is 0 Å². The lowest BCUT2D eigenvalue weighted by Crippen LogP contribution is -2.27. The number of halogens is 1. The van der Waals surface area contributed by atoms with E-state index in [1.54, 1.807) is 61.7 Å². The Morgan fingerprint density at radius 2 is 1.64 bits per heavy atom. The molecular weight excluding hydrogens is 506 g/mol. The predicted octanol–water partition coefficient (Wildman–Crippen LogP) is 5.91. The number of methoxy groups -OCH3 is 1. The number of imide groups is 1. The van der Waals surface area contributed by atoms with E-state index in [1.807, 2.05) is 24.3 Å². The molecule has 2 amide bonds. The molecule has 4 rings (SSSR count). The largest absolute Gasteiger partial charge is 0.497 e. The fraction of sp³-hybridized carbons (Fsp3) is 0.0800. The number of hydrogen-bond donors (Lipinski definition) is 0. The molecule has 6 nitrogen and oxygen atoms in total. The lowest BCUT2D eigenvalue weighted by Gasteiger charge is -2.13. The lowest BCUT2D eigenvalue weighted by atomic mass is 10.2. The summed E-state index contributed by atoms with van der Waals surface area (Å²) >= 11 is 4.35. The van der Waals surface area contributed by atoms with Gasteiger partial charge in [-0.25, -0.2) is 4.79 Å². The summed E-state index contributed by atoms with van der Waals surface area (Å²) in [6.07, 6.45) is 1.65. The summed E-state index contributed by atoms with van der Waals surface area (Å²) in [4.78, 5) is 39.0. The van der Waals surface area contributed by atoms with E-state index in [2.05, 4.69) is 15.9 Å². The van der Waals surface area contributed by atoms with Crippen LogP contribution in [-0.2, 0) is 11.3 Å². The number of hydrogen-bond acceptors (Lipinski definition) is 6. The Bertz CT molecular complexity index is 1240. The zero-order chi connectivity index (χ0) is 23.4. The van der Waals surface area contributed by atoms with Gasteiger partial charge in [-0.3, -0.25) is 14.5 Å². The average molecular weight is 524 g/mol. The van der Waals surface area contributed by atoms with Crippen LogP contribution in [0.3, 0.4) is 0 Å². The number of nitrogens with zero attached hydrogens (tertiary/aromatic N) is 1. The maximum atomic E-state index is 12.8. The lowest BCUT2D eigenvalue weighted by molar-refractivity contribution is -0.123. The number of thioether (sulfide) groups is 1. The minimum absolute atomic E-state index is 0.198. The molecule has 1 heterocycles. The molecule has 1 saturated heterocycles. The molecule has 0 aliphatic carbocycles. The van der Waals surface area contributed by atoms with Gasteiger partial charge in [0.15, 0.2) is 0 Å². The van der Waals surface area contributed by atoms with Gasteiger partial charge in [-0.2, -0.15) is 0 Å². The van der Waals surface area contributed by atoms with E-state index in [1.165, 1.54) is 4.90 Å². The highest BCUT2D eigenvalue weighted by Gasteiger charge is 2.35. The molecule has 3 aromatic rings. The second kappa shape index (κ2) is 10.1. The first-order valence-electron chi connectivity index (χ1n) is 9.89. The minimum Gasteiger partial charge on any atom is -0.497 e. The van der Waals surface area contributed by atoms with Gasteiger partial charge in [0.05, 0.1) is 24.1 Å². The van der Waals surface area contributed by atoms with Crippen molar-refractivity contribution in [2.75, 3.05) is 7.11 Å². The number of ether oxygens (including phenoxy) is 2. The average Bonchev–Trinajstić information content (AvgIpc) is 3.09. The monoisotopic (exact) mass is 523 g/mol. The number of benzene rings is 3. The number of esters is 1. The fourth-order valence-electron chi connectivity index (χ4n) is 3.11. The molecule has 0 unspecified atom stereocenters. The standard InChI is InChI=1S/C25H18BrNO5S/c1-31-19-12-8-17(9-13-19)24(29)32-20-10-6-16(7-11-20)14-22-23(28)27(25(30)33-22)15-18-4-2-3-5-21(18)26/h2-14H,15H2,1H3/b22-14+. The summed E-state index contributed by atoms with van der Waals surface area (Å²) in [5.74, 6) is 0.195. The van der Waals surface area contributed by atoms with Gasteiger partial charge in [-0.15, -0.1) is 0 Å². The predicted molar refractivity (Wildman–Crippen MR) is 130 cm³/mol. The summed E-state index contributed by atoms with van der Waals surface area (Å²) in [5.41, 5.74) is 1.97.